The number of nitrogens with one attached hydrogen (secondary N) is 2. The van der Waals surface area contributed by atoms with Gasteiger partial charge in [0.15, 0.2) is 10.6 Å². The number of hydrogen-bond donors (Lipinski definition) is 2. The van der Waals surface area contributed by atoms with Gasteiger partial charge in [0.1, 0.15) is 12.4 Å². The van der Waals surface area contributed by atoms with Crippen molar-refractivity contribution in [3.8, 4) is 11.4 Å². The highest BCUT2D eigenvalue weighted by Crippen LogP contribution is 2.17. The van der Waals surface area contributed by atoms with Crippen LogP contribution in [0, 0.1) is 17.5 Å². The number of carbonyl (C=O) groups excluding carboxylic acids is 1. The molecule has 1 heterocycles. The van der Waals surface area contributed by atoms with Gasteiger partial charge in [-0.2, -0.15) is 5.10 Å². The molecule has 5 nitrogen and oxygen atoms in total. The number of aromatic nitrogens is 3. The lowest BCUT2D eigenvalue weighted by molar-refractivity contribution is -0.121. The molecule has 0 unspecified atom stereocenters. The van der Waals surface area contributed by atoms with Crippen LogP contribution in [-0.2, 0) is 17.9 Å². The summed E-state index contributed by atoms with van der Waals surface area (Å²) in [7, 11) is 0. The third-order valence-electron chi connectivity index (χ3n) is 3.80. The van der Waals surface area contributed by atoms with Gasteiger partial charge in [-0.05, 0) is 25.2 Å². The molecule has 0 saturated heterocycles. The van der Waals surface area contributed by atoms with Crippen molar-refractivity contribution in [3.05, 3.63) is 70.2 Å². The summed E-state index contributed by atoms with van der Waals surface area (Å²) >= 11 is 5.22. The normalized spacial score (nSPS) is 10.6. The fourth-order valence-corrected chi connectivity index (χ4v) is 2.62. The molecule has 0 saturated carbocycles. The lowest BCUT2D eigenvalue weighted by Gasteiger charge is -2.09. The third kappa shape index (κ3) is 4.00. The lowest BCUT2D eigenvalue weighted by Crippen LogP contribution is -2.27. The molecule has 25 heavy (non-hydrogen) atoms. The van der Waals surface area contributed by atoms with Crippen LogP contribution < -0.4 is 5.32 Å². The van der Waals surface area contributed by atoms with Crippen molar-refractivity contribution < 1.29 is 9.18 Å². The Bertz CT molecular complexity index is 946. The van der Waals surface area contributed by atoms with Gasteiger partial charge >= 0.3 is 0 Å². The summed E-state index contributed by atoms with van der Waals surface area (Å²) in [5.41, 5.74) is 2.43. The zero-order chi connectivity index (χ0) is 17.8. The molecular formula is C18H17FN4OS. The Labute approximate surface area is 149 Å². The molecule has 0 radical (unpaired) electrons. The third-order valence-corrected chi connectivity index (χ3v) is 4.12. The summed E-state index contributed by atoms with van der Waals surface area (Å²) in [4.78, 5) is 12.2. The minimum Gasteiger partial charge on any atom is -0.350 e. The first-order valence-corrected chi connectivity index (χ1v) is 8.18. The minimum atomic E-state index is -0.344. The number of amides is 1. The average molecular weight is 356 g/mol. The summed E-state index contributed by atoms with van der Waals surface area (Å²) in [5.74, 6) is -0.0248. The van der Waals surface area contributed by atoms with E-state index in [4.69, 9.17) is 12.2 Å². The van der Waals surface area contributed by atoms with Crippen molar-refractivity contribution in [2.24, 2.45) is 0 Å². The summed E-state index contributed by atoms with van der Waals surface area (Å²) < 4.78 is 15.6. The van der Waals surface area contributed by atoms with Gasteiger partial charge in [-0.1, -0.05) is 48.0 Å². The van der Waals surface area contributed by atoms with Gasteiger partial charge in [-0.25, -0.2) is 4.39 Å². The Morgan fingerprint density at radius 1 is 1.24 bits per heavy atom. The highest BCUT2D eigenvalue weighted by Gasteiger charge is 2.12. The standard InChI is InChI=1S/C18H17FN4OS/c1-12-6-8-13(9-7-12)17-21-22-18(25)23(17)11-16(24)20-10-14-4-2-3-5-15(14)19/h2-9H,10-11H2,1H3,(H,20,24)(H,22,25). The lowest BCUT2D eigenvalue weighted by atomic mass is 10.1. The largest absolute Gasteiger partial charge is 0.350 e. The molecule has 0 bridgehead atoms. The van der Waals surface area contributed by atoms with Crippen molar-refractivity contribution in [1.82, 2.24) is 20.1 Å². The number of rotatable bonds is 5. The molecule has 0 spiro atoms. The number of hydrogen-bond acceptors (Lipinski definition) is 3. The van der Waals surface area contributed by atoms with E-state index in [-0.39, 0.29) is 24.8 Å². The first-order valence-electron chi connectivity index (χ1n) is 7.77. The molecule has 0 aliphatic heterocycles. The first-order chi connectivity index (χ1) is 12.0. The number of aryl methyl sites for hydroxylation is 1. The van der Waals surface area contributed by atoms with Crippen LogP contribution in [0.1, 0.15) is 11.1 Å². The van der Waals surface area contributed by atoms with E-state index in [9.17, 15) is 9.18 Å². The zero-order valence-corrected chi connectivity index (χ0v) is 14.4. The van der Waals surface area contributed by atoms with Gasteiger partial charge in [0.2, 0.25) is 5.91 Å². The van der Waals surface area contributed by atoms with Crippen LogP contribution in [0.3, 0.4) is 0 Å². The quantitative estimate of drug-likeness (QED) is 0.689. The summed E-state index contributed by atoms with van der Waals surface area (Å²) in [6.07, 6.45) is 0. The second kappa shape index (κ2) is 7.40. The van der Waals surface area contributed by atoms with Crippen LogP contribution in [0.2, 0.25) is 0 Å². The number of benzene rings is 2. The SMILES string of the molecule is Cc1ccc(-c2n[nH]c(=S)n2CC(=O)NCc2ccccc2F)cc1. The van der Waals surface area contributed by atoms with E-state index < -0.39 is 0 Å². The van der Waals surface area contributed by atoms with Gasteiger partial charge in [-0.15, -0.1) is 0 Å². The molecule has 1 amide bonds. The van der Waals surface area contributed by atoms with E-state index in [2.05, 4.69) is 15.5 Å². The van der Waals surface area contributed by atoms with Crippen molar-refractivity contribution in [2.45, 2.75) is 20.0 Å². The summed E-state index contributed by atoms with van der Waals surface area (Å²) in [6, 6.07) is 14.1. The average Bonchev–Trinajstić information content (AvgIpc) is 2.96. The van der Waals surface area contributed by atoms with Crippen molar-refractivity contribution in [2.75, 3.05) is 0 Å². The Kier molecular flexibility index (Phi) is 5.04. The number of nitrogens with zero attached hydrogens (tertiary/aromatic N) is 2. The van der Waals surface area contributed by atoms with E-state index in [0.29, 0.717) is 16.2 Å². The molecule has 0 aliphatic rings. The second-order valence-electron chi connectivity index (χ2n) is 5.67. The molecule has 2 N–H and O–H groups in total. The van der Waals surface area contributed by atoms with E-state index in [1.54, 1.807) is 22.8 Å². The van der Waals surface area contributed by atoms with Crippen molar-refractivity contribution >= 4 is 18.1 Å². The smallest absolute Gasteiger partial charge is 0.240 e. The molecule has 3 rings (SSSR count). The molecule has 1 aromatic heterocycles. The summed E-state index contributed by atoms with van der Waals surface area (Å²) in [5, 5.41) is 9.63. The molecule has 7 heteroatoms. The Balaban J connectivity index is 1.73. The van der Waals surface area contributed by atoms with Gasteiger partial charge < -0.3 is 5.32 Å². The van der Waals surface area contributed by atoms with Crippen LogP contribution in [-0.4, -0.2) is 20.7 Å². The fraction of sp³-hybridized carbons (Fsp3) is 0.167. The van der Waals surface area contributed by atoms with Crippen LogP contribution in [0.4, 0.5) is 4.39 Å². The van der Waals surface area contributed by atoms with Crippen LogP contribution >= 0.6 is 12.2 Å². The van der Waals surface area contributed by atoms with E-state index in [1.165, 1.54) is 6.07 Å². The number of carbonyl (C=O) groups is 1. The molecule has 0 atom stereocenters. The summed E-state index contributed by atoms with van der Waals surface area (Å²) in [6.45, 7) is 2.13. The molecular weight excluding hydrogens is 339 g/mol. The maximum atomic E-state index is 13.6. The van der Waals surface area contributed by atoms with Crippen LogP contribution in [0.5, 0.6) is 0 Å². The van der Waals surface area contributed by atoms with Crippen LogP contribution in [0.15, 0.2) is 48.5 Å². The monoisotopic (exact) mass is 356 g/mol. The Morgan fingerprint density at radius 2 is 1.96 bits per heavy atom. The highest BCUT2D eigenvalue weighted by atomic mass is 32.1. The fourth-order valence-electron chi connectivity index (χ4n) is 2.42. The van der Waals surface area contributed by atoms with Gasteiger partial charge in [0.25, 0.3) is 0 Å². The first kappa shape index (κ1) is 17.0. The Morgan fingerprint density at radius 3 is 2.68 bits per heavy atom. The predicted octanol–water partition coefficient (Wildman–Crippen LogP) is 3.37. The minimum absolute atomic E-state index is 0.00694. The second-order valence-corrected chi connectivity index (χ2v) is 6.06. The van der Waals surface area contributed by atoms with Gasteiger partial charge in [0.05, 0.1) is 0 Å². The van der Waals surface area contributed by atoms with E-state index in [0.717, 1.165) is 11.1 Å². The molecule has 128 valence electrons. The maximum Gasteiger partial charge on any atom is 0.240 e. The van der Waals surface area contributed by atoms with Crippen LogP contribution in [0.25, 0.3) is 11.4 Å². The molecule has 3 aromatic rings. The molecule has 0 fully saturated rings. The van der Waals surface area contributed by atoms with Crippen molar-refractivity contribution in [1.29, 1.82) is 0 Å². The highest BCUT2D eigenvalue weighted by molar-refractivity contribution is 7.71. The van der Waals surface area contributed by atoms with E-state index in [1.807, 2.05) is 31.2 Å². The Hall–Kier alpha value is -2.80. The predicted molar refractivity (Wildman–Crippen MR) is 95.8 cm³/mol. The van der Waals surface area contributed by atoms with Gasteiger partial charge in [-0.3, -0.25) is 14.5 Å². The van der Waals surface area contributed by atoms with E-state index >= 15 is 0 Å². The topological polar surface area (TPSA) is 62.7 Å². The van der Waals surface area contributed by atoms with Crippen molar-refractivity contribution in [3.63, 3.8) is 0 Å². The van der Waals surface area contributed by atoms with Gasteiger partial charge in [0, 0.05) is 17.7 Å². The zero-order valence-electron chi connectivity index (χ0n) is 13.6. The maximum absolute atomic E-state index is 13.6. The number of aromatic amines is 1. The molecule has 2 aromatic carbocycles. The number of H-pyrrole nitrogens is 1. The number of halogens is 1. The molecule has 0 aliphatic carbocycles.